The first-order valence-corrected chi connectivity index (χ1v) is 5.62. The first-order chi connectivity index (χ1) is 7.00. The van der Waals surface area contributed by atoms with Crippen molar-refractivity contribution in [3.8, 4) is 0 Å². The molecule has 0 saturated carbocycles. The molecule has 0 atom stereocenters. The van der Waals surface area contributed by atoms with E-state index < -0.39 is 0 Å². The first kappa shape index (κ1) is 11.3. The standard InChI is InChI=1S/C10H5Cl4N/c1-4-2-5(11)8-9(14)6(12)3-7(13)10(8)15-4/h2-3H,1H3. The minimum Gasteiger partial charge on any atom is -0.251 e. The lowest BCUT2D eigenvalue weighted by molar-refractivity contribution is 1.26. The molecule has 5 heteroatoms. The molecule has 1 aromatic carbocycles. The van der Waals surface area contributed by atoms with Gasteiger partial charge in [0.25, 0.3) is 0 Å². The normalized spacial score (nSPS) is 11.0. The molecule has 2 aromatic rings. The van der Waals surface area contributed by atoms with Crippen LogP contribution >= 0.6 is 46.4 Å². The van der Waals surface area contributed by atoms with Crippen LogP contribution in [0.25, 0.3) is 10.9 Å². The van der Waals surface area contributed by atoms with Crippen molar-refractivity contribution in [1.29, 1.82) is 0 Å². The maximum atomic E-state index is 6.07. The number of rotatable bonds is 0. The average Bonchev–Trinajstić information content (AvgIpc) is 2.13. The van der Waals surface area contributed by atoms with Crippen LogP contribution in [0.5, 0.6) is 0 Å². The third-order valence-corrected chi connectivity index (χ3v) is 3.38. The van der Waals surface area contributed by atoms with Crippen LogP contribution in [-0.2, 0) is 0 Å². The lowest BCUT2D eigenvalue weighted by Gasteiger charge is -2.07. The molecule has 1 aromatic heterocycles. The third-order valence-electron chi connectivity index (χ3n) is 2.01. The van der Waals surface area contributed by atoms with Crippen molar-refractivity contribution in [1.82, 2.24) is 4.98 Å². The summed E-state index contributed by atoms with van der Waals surface area (Å²) in [6, 6.07) is 3.29. The molecule has 0 saturated heterocycles. The van der Waals surface area contributed by atoms with Gasteiger partial charge in [0.05, 0.1) is 25.6 Å². The van der Waals surface area contributed by atoms with Crippen LogP contribution in [0, 0.1) is 6.92 Å². The van der Waals surface area contributed by atoms with E-state index in [4.69, 9.17) is 46.4 Å². The van der Waals surface area contributed by atoms with Crippen LogP contribution in [0.2, 0.25) is 20.1 Å². The number of fused-ring (bicyclic) bond motifs is 1. The van der Waals surface area contributed by atoms with Gasteiger partial charge in [0.1, 0.15) is 0 Å². The summed E-state index contributed by atoms with van der Waals surface area (Å²) in [5, 5.41) is 2.31. The molecular formula is C10H5Cl4N. The van der Waals surface area contributed by atoms with Crippen molar-refractivity contribution in [3.63, 3.8) is 0 Å². The van der Waals surface area contributed by atoms with Gasteiger partial charge in [0.15, 0.2) is 0 Å². The van der Waals surface area contributed by atoms with E-state index >= 15 is 0 Å². The van der Waals surface area contributed by atoms with Gasteiger partial charge in [-0.3, -0.25) is 4.98 Å². The van der Waals surface area contributed by atoms with Crippen LogP contribution in [0.4, 0.5) is 0 Å². The quantitative estimate of drug-likeness (QED) is 0.608. The Morgan fingerprint density at radius 3 is 2.27 bits per heavy atom. The van der Waals surface area contributed by atoms with Gasteiger partial charge in [0, 0.05) is 11.1 Å². The zero-order valence-corrected chi connectivity index (χ0v) is 10.6. The molecule has 0 fully saturated rings. The Bertz CT molecular complexity index is 551. The van der Waals surface area contributed by atoms with Crippen molar-refractivity contribution < 1.29 is 0 Å². The van der Waals surface area contributed by atoms with E-state index in [1.807, 2.05) is 6.92 Å². The molecule has 0 unspecified atom stereocenters. The van der Waals surface area contributed by atoms with Gasteiger partial charge in [-0.05, 0) is 19.1 Å². The average molecular weight is 281 g/mol. The Labute approximate surface area is 107 Å². The molecule has 2 rings (SSSR count). The number of nitrogens with zero attached hydrogens (tertiary/aromatic N) is 1. The van der Waals surface area contributed by atoms with E-state index in [2.05, 4.69) is 4.98 Å². The fourth-order valence-electron chi connectivity index (χ4n) is 1.38. The molecule has 0 radical (unpaired) electrons. The van der Waals surface area contributed by atoms with Crippen LogP contribution in [0.3, 0.4) is 0 Å². The highest BCUT2D eigenvalue weighted by atomic mass is 35.5. The van der Waals surface area contributed by atoms with Crippen LogP contribution in [0.1, 0.15) is 5.69 Å². The molecule has 1 heterocycles. The lowest BCUT2D eigenvalue weighted by atomic mass is 10.2. The van der Waals surface area contributed by atoms with Gasteiger partial charge in [-0.2, -0.15) is 0 Å². The highest BCUT2D eigenvalue weighted by Crippen LogP contribution is 2.38. The Morgan fingerprint density at radius 2 is 1.60 bits per heavy atom. The molecule has 0 aliphatic heterocycles. The highest BCUT2D eigenvalue weighted by Gasteiger charge is 2.13. The molecule has 15 heavy (non-hydrogen) atoms. The van der Waals surface area contributed by atoms with Crippen molar-refractivity contribution in [2.24, 2.45) is 0 Å². The van der Waals surface area contributed by atoms with Crippen LogP contribution in [0.15, 0.2) is 12.1 Å². The van der Waals surface area contributed by atoms with E-state index in [1.54, 1.807) is 12.1 Å². The Morgan fingerprint density at radius 1 is 0.933 bits per heavy atom. The number of halogens is 4. The number of aromatic nitrogens is 1. The van der Waals surface area contributed by atoms with E-state index in [9.17, 15) is 0 Å². The van der Waals surface area contributed by atoms with Crippen LogP contribution in [-0.4, -0.2) is 4.98 Å². The topological polar surface area (TPSA) is 12.9 Å². The minimum atomic E-state index is 0.377. The van der Waals surface area contributed by atoms with Crippen molar-refractivity contribution in [2.45, 2.75) is 6.92 Å². The molecule has 0 N–H and O–H groups in total. The molecule has 1 nitrogen and oxygen atoms in total. The second-order valence-corrected chi connectivity index (χ2v) is 4.72. The van der Waals surface area contributed by atoms with Gasteiger partial charge in [-0.15, -0.1) is 0 Å². The summed E-state index contributed by atoms with van der Waals surface area (Å²) in [4.78, 5) is 4.28. The van der Waals surface area contributed by atoms with Crippen molar-refractivity contribution >= 4 is 57.3 Å². The molecular weight excluding hydrogens is 276 g/mol. The number of benzene rings is 1. The smallest absolute Gasteiger partial charge is 0.0922 e. The molecule has 0 aliphatic rings. The molecule has 0 amide bonds. The van der Waals surface area contributed by atoms with E-state index in [-0.39, 0.29) is 0 Å². The van der Waals surface area contributed by atoms with Crippen LogP contribution < -0.4 is 0 Å². The summed E-state index contributed by atoms with van der Waals surface area (Å²) < 4.78 is 0. The summed E-state index contributed by atoms with van der Waals surface area (Å²) in [6.07, 6.45) is 0. The van der Waals surface area contributed by atoms with E-state index in [0.29, 0.717) is 31.0 Å². The SMILES string of the molecule is Cc1cc(Cl)c2c(Cl)c(Cl)cc(Cl)c2n1. The third kappa shape index (κ3) is 1.90. The summed E-state index contributed by atoms with van der Waals surface area (Å²) in [7, 11) is 0. The number of hydrogen-bond acceptors (Lipinski definition) is 1. The Balaban J connectivity index is 3.03. The Hall–Kier alpha value is -0.210. The number of hydrogen-bond donors (Lipinski definition) is 0. The minimum absolute atomic E-state index is 0.377. The number of aryl methyl sites for hydroxylation is 1. The predicted molar refractivity (Wildman–Crippen MR) is 66.5 cm³/mol. The van der Waals surface area contributed by atoms with Gasteiger partial charge >= 0.3 is 0 Å². The highest BCUT2D eigenvalue weighted by molar-refractivity contribution is 6.50. The van der Waals surface area contributed by atoms with Gasteiger partial charge < -0.3 is 0 Å². The fourth-order valence-corrected chi connectivity index (χ4v) is 2.52. The molecule has 78 valence electrons. The van der Waals surface area contributed by atoms with Gasteiger partial charge in [-0.25, -0.2) is 0 Å². The first-order valence-electron chi connectivity index (χ1n) is 4.11. The van der Waals surface area contributed by atoms with E-state index in [0.717, 1.165) is 5.69 Å². The summed E-state index contributed by atoms with van der Waals surface area (Å²) >= 11 is 24.0. The van der Waals surface area contributed by atoms with Gasteiger partial charge in [-0.1, -0.05) is 46.4 Å². The second-order valence-electron chi connectivity index (χ2n) is 3.12. The lowest BCUT2D eigenvalue weighted by Crippen LogP contribution is -1.87. The molecule has 0 aliphatic carbocycles. The molecule has 0 spiro atoms. The monoisotopic (exact) mass is 279 g/mol. The summed E-state index contributed by atoms with van der Waals surface area (Å²) in [5.41, 5.74) is 1.36. The zero-order valence-electron chi connectivity index (χ0n) is 7.61. The maximum absolute atomic E-state index is 6.07. The Kier molecular flexibility index (Phi) is 3.00. The van der Waals surface area contributed by atoms with Crippen molar-refractivity contribution in [2.75, 3.05) is 0 Å². The largest absolute Gasteiger partial charge is 0.251 e. The predicted octanol–water partition coefficient (Wildman–Crippen LogP) is 5.16. The summed E-state index contributed by atoms with van der Waals surface area (Å²) in [5.74, 6) is 0. The number of pyridine rings is 1. The maximum Gasteiger partial charge on any atom is 0.0922 e. The summed E-state index contributed by atoms with van der Waals surface area (Å²) in [6.45, 7) is 1.84. The second kappa shape index (κ2) is 3.99. The van der Waals surface area contributed by atoms with Gasteiger partial charge in [0.2, 0.25) is 0 Å². The molecule has 0 bridgehead atoms. The fraction of sp³-hybridized carbons (Fsp3) is 0.100. The van der Waals surface area contributed by atoms with E-state index in [1.165, 1.54) is 0 Å². The van der Waals surface area contributed by atoms with Crippen molar-refractivity contribution in [3.05, 3.63) is 37.9 Å². The zero-order chi connectivity index (χ0) is 11.2.